The Bertz CT molecular complexity index is 2630. The van der Waals surface area contributed by atoms with E-state index in [9.17, 15) is 9.59 Å². The van der Waals surface area contributed by atoms with Crippen molar-refractivity contribution in [2.24, 2.45) is 14.1 Å². The molecular formula is C50H60N12O4. The summed E-state index contributed by atoms with van der Waals surface area (Å²) in [6, 6.07) is 14.0. The van der Waals surface area contributed by atoms with Gasteiger partial charge in [-0.25, -0.2) is 0 Å². The molecule has 0 aliphatic carbocycles. The highest BCUT2D eigenvalue weighted by Crippen LogP contribution is 2.47. The van der Waals surface area contributed by atoms with Crippen molar-refractivity contribution < 1.29 is 19.1 Å². The molecule has 12 rings (SSSR count). The van der Waals surface area contributed by atoms with E-state index in [1.165, 1.54) is 56.1 Å². The van der Waals surface area contributed by atoms with E-state index in [0.717, 1.165) is 87.8 Å². The van der Waals surface area contributed by atoms with E-state index in [1.54, 1.807) is 13.8 Å². The van der Waals surface area contributed by atoms with Crippen LogP contribution in [0, 0.1) is 0 Å². The van der Waals surface area contributed by atoms with E-state index < -0.39 is 0 Å². The average Bonchev–Trinajstić information content (AvgIpc) is 4.17. The minimum atomic E-state index is 0.125. The Morgan fingerprint density at radius 3 is 1.42 bits per heavy atom. The molecule has 0 unspecified atom stereocenters. The lowest BCUT2D eigenvalue weighted by Gasteiger charge is -2.28. The molecule has 0 N–H and O–H groups in total. The molecule has 6 aliphatic heterocycles. The predicted octanol–water partition coefficient (Wildman–Crippen LogP) is 6.81. The average molecular weight is 893 g/mol. The molecule has 6 aliphatic rings. The first-order chi connectivity index (χ1) is 32.0. The van der Waals surface area contributed by atoms with Crippen LogP contribution in [0.1, 0.15) is 98.1 Å². The maximum atomic E-state index is 12.2. The Morgan fingerprint density at radius 2 is 1.06 bits per heavy atom. The summed E-state index contributed by atoms with van der Waals surface area (Å²) < 4.78 is 19.5. The summed E-state index contributed by atoms with van der Waals surface area (Å²) in [7, 11) is 3.89. The first kappa shape index (κ1) is 42.4. The summed E-state index contributed by atoms with van der Waals surface area (Å²) >= 11 is 0. The molecule has 0 saturated carbocycles. The second-order valence-electron chi connectivity index (χ2n) is 19.2. The number of ether oxygens (including phenoxy) is 2. The number of anilines is 4. The highest BCUT2D eigenvalue weighted by molar-refractivity contribution is 5.79. The summed E-state index contributed by atoms with van der Waals surface area (Å²) in [4.78, 5) is 33.0. The highest BCUT2D eigenvalue weighted by Gasteiger charge is 2.38. The fraction of sp³-hybridized carbons (Fsp3) is 0.480. The Balaban J connectivity index is 0.000000146. The van der Waals surface area contributed by atoms with Gasteiger partial charge in [0.15, 0.2) is 11.6 Å². The van der Waals surface area contributed by atoms with Crippen molar-refractivity contribution in [1.82, 2.24) is 48.9 Å². The molecule has 2 fully saturated rings. The van der Waals surface area contributed by atoms with Crippen LogP contribution in [0.25, 0.3) is 22.3 Å². The van der Waals surface area contributed by atoms with Crippen LogP contribution in [0.5, 0.6) is 0 Å². The Hall–Kier alpha value is -6.26. The number of aryl methyl sites for hydroxylation is 2. The molecule has 0 spiro atoms. The summed E-state index contributed by atoms with van der Waals surface area (Å²) in [6.07, 6.45) is 11.6. The molecule has 0 radical (unpaired) electrons. The molecule has 66 heavy (non-hydrogen) atoms. The van der Waals surface area contributed by atoms with Crippen LogP contribution in [0.4, 0.5) is 23.0 Å². The third-order valence-corrected chi connectivity index (χ3v) is 14.7. The van der Waals surface area contributed by atoms with Crippen molar-refractivity contribution in [2.45, 2.75) is 90.4 Å². The number of aromatic nitrogens is 8. The third-order valence-electron chi connectivity index (χ3n) is 14.7. The van der Waals surface area contributed by atoms with E-state index in [2.05, 4.69) is 92.0 Å². The minimum Gasteiger partial charge on any atom is -0.379 e. The standard InChI is InChI=1S/2C25H30N6O2/c2*1-16-12-30(23-5-4-18(10-21(16)23)19-11-26-28(3)13-19)25-22-14-29(17(2)32)8-6-24(22)31(27-25)20-7-9-33-15-20/h2*4-5,10-11,13,16,20H,6-9,12,14-15H2,1-3H3/t16-,20+;16-,20-/m01/s1. The second-order valence-corrected chi connectivity index (χ2v) is 19.2. The van der Waals surface area contributed by atoms with Crippen molar-refractivity contribution in [3.05, 3.63) is 94.8 Å². The summed E-state index contributed by atoms with van der Waals surface area (Å²) in [5.41, 5.74) is 14.7. The lowest BCUT2D eigenvalue weighted by molar-refractivity contribution is -0.130. The van der Waals surface area contributed by atoms with Gasteiger partial charge in [0.1, 0.15) is 0 Å². The number of benzene rings is 2. The maximum absolute atomic E-state index is 12.2. The number of amides is 2. The number of carbonyl (C=O) groups is 2. The molecule has 16 nitrogen and oxygen atoms in total. The van der Waals surface area contributed by atoms with E-state index in [-0.39, 0.29) is 23.9 Å². The van der Waals surface area contributed by atoms with Gasteiger partial charge in [-0.1, -0.05) is 26.0 Å². The number of nitrogens with zero attached hydrogens (tertiary/aromatic N) is 12. The second kappa shape index (κ2) is 16.9. The molecule has 2 amide bonds. The first-order valence-corrected chi connectivity index (χ1v) is 23.7. The van der Waals surface area contributed by atoms with Crippen LogP contribution in [-0.4, -0.2) is 113 Å². The zero-order chi connectivity index (χ0) is 45.4. The predicted molar refractivity (Wildman–Crippen MR) is 251 cm³/mol. The van der Waals surface area contributed by atoms with Crippen LogP contribution in [0.15, 0.2) is 61.2 Å². The quantitative estimate of drug-likeness (QED) is 0.176. The van der Waals surface area contributed by atoms with E-state index in [1.807, 2.05) is 45.7 Å². The van der Waals surface area contributed by atoms with Crippen molar-refractivity contribution >= 4 is 34.8 Å². The molecule has 2 saturated heterocycles. The van der Waals surface area contributed by atoms with Crippen LogP contribution in [-0.2, 0) is 59.1 Å². The smallest absolute Gasteiger partial charge is 0.219 e. The first-order valence-electron chi connectivity index (χ1n) is 23.7. The van der Waals surface area contributed by atoms with Gasteiger partial charge in [-0.2, -0.15) is 20.4 Å². The van der Waals surface area contributed by atoms with Crippen molar-refractivity contribution in [3.63, 3.8) is 0 Å². The topological polar surface area (TPSA) is 137 Å². The van der Waals surface area contributed by atoms with Crippen molar-refractivity contribution in [2.75, 3.05) is 62.4 Å². The van der Waals surface area contributed by atoms with Gasteiger partial charge in [-0.3, -0.25) is 28.3 Å². The van der Waals surface area contributed by atoms with Gasteiger partial charge >= 0.3 is 0 Å². The number of hydrogen-bond donors (Lipinski definition) is 0. The number of hydrogen-bond acceptors (Lipinski definition) is 10. The molecule has 16 heteroatoms. The van der Waals surface area contributed by atoms with Gasteiger partial charge in [-0.15, -0.1) is 0 Å². The Morgan fingerprint density at radius 1 is 0.621 bits per heavy atom. The van der Waals surface area contributed by atoms with Gasteiger partial charge in [-0.05, 0) is 59.4 Å². The van der Waals surface area contributed by atoms with Crippen LogP contribution in [0.3, 0.4) is 0 Å². The van der Waals surface area contributed by atoms with E-state index >= 15 is 0 Å². The summed E-state index contributed by atoms with van der Waals surface area (Å²) in [5.74, 6) is 3.03. The largest absolute Gasteiger partial charge is 0.379 e. The van der Waals surface area contributed by atoms with Gasteiger partial charge < -0.3 is 29.1 Å². The zero-order valence-corrected chi connectivity index (χ0v) is 39.0. The summed E-state index contributed by atoms with van der Waals surface area (Å²) in [5, 5.41) is 19.0. The number of rotatable bonds is 6. The van der Waals surface area contributed by atoms with Gasteiger partial charge in [0, 0.05) is 149 Å². The molecule has 0 bridgehead atoms. The summed E-state index contributed by atoms with van der Waals surface area (Å²) in [6.45, 7) is 15.4. The monoisotopic (exact) mass is 892 g/mol. The van der Waals surface area contributed by atoms with E-state index in [0.29, 0.717) is 38.1 Å². The minimum absolute atomic E-state index is 0.125. The van der Waals surface area contributed by atoms with Crippen molar-refractivity contribution in [3.8, 4) is 22.3 Å². The lowest BCUT2D eigenvalue weighted by Crippen LogP contribution is -2.35. The fourth-order valence-electron chi connectivity index (χ4n) is 11.1. The molecule has 2 aromatic carbocycles. The van der Waals surface area contributed by atoms with Gasteiger partial charge in [0.05, 0.1) is 50.8 Å². The van der Waals surface area contributed by atoms with Crippen LogP contribution in [0.2, 0.25) is 0 Å². The van der Waals surface area contributed by atoms with Crippen LogP contribution < -0.4 is 9.80 Å². The molecule has 6 aromatic rings. The van der Waals surface area contributed by atoms with Gasteiger partial charge in [0.2, 0.25) is 11.8 Å². The maximum Gasteiger partial charge on any atom is 0.219 e. The molecular weight excluding hydrogens is 833 g/mol. The number of fused-ring (bicyclic) bond motifs is 4. The highest BCUT2D eigenvalue weighted by atomic mass is 16.5. The normalized spacial score (nSPS) is 22.0. The zero-order valence-electron chi connectivity index (χ0n) is 39.0. The Kier molecular flexibility index (Phi) is 10.8. The third kappa shape index (κ3) is 7.47. The molecule has 4 aromatic heterocycles. The lowest BCUT2D eigenvalue weighted by atomic mass is 9.99. The number of carbonyl (C=O) groups excluding carboxylic acids is 2. The fourth-order valence-corrected chi connectivity index (χ4v) is 11.1. The SMILES string of the molecule is CC(=O)N1CCc2c(c(N3C[C@@H](C)c4cc(-c5cnn(C)c5)ccc43)nn2[C@@H]2CCOC2)C1.CC(=O)N1CCc2c(c(N3C[C@H](C)c4cc(-c5cnn(C)c5)ccc43)nn2[C@@H]2CCOC2)C1. The molecule has 4 atom stereocenters. The molecule has 10 heterocycles. The van der Waals surface area contributed by atoms with Crippen LogP contribution >= 0.6 is 0 Å². The Labute approximate surface area is 385 Å². The van der Waals surface area contributed by atoms with Gasteiger partial charge in [0.25, 0.3) is 0 Å². The molecule has 344 valence electrons. The van der Waals surface area contributed by atoms with E-state index in [4.69, 9.17) is 19.7 Å². The van der Waals surface area contributed by atoms with Crippen molar-refractivity contribution in [1.29, 1.82) is 0 Å².